The molecule has 1 N–H and O–H groups in total. The number of benzene rings is 1. The first kappa shape index (κ1) is 19.5. The maximum Gasteiger partial charge on any atom is 0.235 e. The van der Waals surface area contributed by atoms with Gasteiger partial charge in [-0.2, -0.15) is 0 Å². The van der Waals surface area contributed by atoms with Crippen LogP contribution >= 0.6 is 0 Å². The van der Waals surface area contributed by atoms with Crippen molar-refractivity contribution in [1.82, 2.24) is 0 Å². The first-order chi connectivity index (χ1) is 12.3. The number of aryl methyl sites for hydroxylation is 1. The van der Waals surface area contributed by atoms with Crippen LogP contribution in [0.5, 0.6) is 0 Å². The van der Waals surface area contributed by atoms with Crippen LogP contribution in [0.25, 0.3) is 0 Å². The van der Waals surface area contributed by atoms with Gasteiger partial charge in [-0.25, -0.2) is 16.8 Å². The molecular weight excluding hydrogens is 372 g/mol. The summed E-state index contributed by atoms with van der Waals surface area (Å²) in [5, 5.41) is -0.325. The average Bonchev–Trinajstić information content (AvgIpc) is 2.61. The quantitative estimate of drug-likeness (QED) is 0.794. The molecule has 1 heterocycles. The molecule has 1 aliphatic carbocycles. The molecule has 0 aromatic heterocycles. The Balaban J connectivity index is 1.82. The molecule has 0 amide bonds. The molecule has 1 aliphatic heterocycles. The van der Waals surface area contributed by atoms with Crippen LogP contribution in [0.2, 0.25) is 0 Å². The summed E-state index contributed by atoms with van der Waals surface area (Å²) >= 11 is 0. The van der Waals surface area contributed by atoms with Gasteiger partial charge < -0.3 is 0 Å². The molecule has 0 unspecified atom stereocenters. The fraction of sp³-hybridized carbons (Fsp3) is 0.667. The Kier molecular flexibility index (Phi) is 5.81. The standard InChI is InChI=1S/C18H28N2O4S2/c1-2-13-25(21,22)20-12-6-7-15-14-16(10-11-18(15)20)19-26(23,24)17-8-4-3-5-9-17/h10-11,14,17,19H,2-9,12-13H2,1H3. The topological polar surface area (TPSA) is 83.6 Å². The van der Waals surface area contributed by atoms with E-state index in [1.54, 1.807) is 18.2 Å². The van der Waals surface area contributed by atoms with Crippen molar-refractivity contribution in [2.75, 3.05) is 21.3 Å². The highest BCUT2D eigenvalue weighted by Gasteiger charge is 2.29. The minimum Gasteiger partial charge on any atom is -0.283 e. The Morgan fingerprint density at radius 3 is 2.50 bits per heavy atom. The van der Waals surface area contributed by atoms with Gasteiger partial charge in [0.25, 0.3) is 0 Å². The Morgan fingerprint density at radius 2 is 1.81 bits per heavy atom. The van der Waals surface area contributed by atoms with Gasteiger partial charge >= 0.3 is 0 Å². The van der Waals surface area contributed by atoms with Crippen LogP contribution in [-0.4, -0.2) is 34.4 Å². The highest BCUT2D eigenvalue weighted by Crippen LogP contribution is 2.33. The molecule has 0 saturated heterocycles. The lowest BCUT2D eigenvalue weighted by Crippen LogP contribution is -2.37. The molecule has 0 spiro atoms. The van der Waals surface area contributed by atoms with Gasteiger partial charge in [-0.15, -0.1) is 0 Å². The minimum atomic E-state index is -3.40. The minimum absolute atomic E-state index is 0.127. The maximum absolute atomic E-state index is 12.6. The number of anilines is 2. The van der Waals surface area contributed by atoms with Crippen molar-refractivity contribution >= 4 is 31.4 Å². The summed E-state index contributed by atoms with van der Waals surface area (Å²) in [6.45, 7) is 2.34. The van der Waals surface area contributed by atoms with Crippen LogP contribution in [0.1, 0.15) is 57.4 Å². The Labute approximate surface area is 157 Å². The smallest absolute Gasteiger partial charge is 0.235 e. The van der Waals surface area contributed by atoms with Crippen molar-refractivity contribution < 1.29 is 16.8 Å². The molecule has 1 fully saturated rings. The lowest BCUT2D eigenvalue weighted by Gasteiger charge is -2.31. The lowest BCUT2D eigenvalue weighted by atomic mass is 10.0. The van der Waals surface area contributed by atoms with Crippen molar-refractivity contribution in [3.63, 3.8) is 0 Å². The molecule has 8 heteroatoms. The third kappa shape index (κ3) is 4.17. The van der Waals surface area contributed by atoms with Crippen LogP contribution in [0, 0.1) is 0 Å². The molecule has 26 heavy (non-hydrogen) atoms. The summed E-state index contributed by atoms with van der Waals surface area (Å²) in [5.74, 6) is 0.127. The van der Waals surface area contributed by atoms with E-state index in [9.17, 15) is 16.8 Å². The highest BCUT2D eigenvalue weighted by atomic mass is 32.2. The number of hydrogen-bond donors (Lipinski definition) is 1. The van der Waals surface area contributed by atoms with Crippen molar-refractivity contribution in [3.05, 3.63) is 23.8 Å². The summed E-state index contributed by atoms with van der Waals surface area (Å²) in [6, 6.07) is 5.21. The summed E-state index contributed by atoms with van der Waals surface area (Å²) in [4.78, 5) is 0. The van der Waals surface area contributed by atoms with Crippen LogP contribution in [0.15, 0.2) is 18.2 Å². The first-order valence-corrected chi connectivity index (χ1v) is 12.6. The highest BCUT2D eigenvalue weighted by molar-refractivity contribution is 7.93. The SMILES string of the molecule is CCCS(=O)(=O)N1CCCc2cc(NS(=O)(=O)C3CCCCC3)ccc21. The molecule has 1 aromatic rings. The number of fused-ring (bicyclic) bond motifs is 1. The van der Waals surface area contributed by atoms with E-state index in [0.717, 1.165) is 37.7 Å². The second-order valence-corrected chi connectivity index (χ2v) is 11.2. The molecule has 146 valence electrons. The first-order valence-electron chi connectivity index (χ1n) is 9.48. The normalized spacial score (nSPS) is 19.2. The fourth-order valence-electron chi connectivity index (χ4n) is 3.91. The molecule has 0 bridgehead atoms. The van der Waals surface area contributed by atoms with E-state index in [-0.39, 0.29) is 11.0 Å². The van der Waals surface area contributed by atoms with Gasteiger partial charge in [0.15, 0.2) is 0 Å². The molecule has 1 saturated carbocycles. The van der Waals surface area contributed by atoms with Crippen LogP contribution in [-0.2, 0) is 26.5 Å². The van der Waals surface area contributed by atoms with Crippen molar-refractivity contribution in [2.24, 2.45) is 0 Å². The number of nitrogens with zero attached hydrogens (tertiary/aromatic N) is 1. The number of hydrogen-bond acceptors (Lipinski definition) is 4. The molecule has 0 radical (unpaired) electrons. The van der Waals surface area contributed by atoms with Crippen LogP contribution in [0.4, 0.5) is 11.4 Å². The Hall–Kier alpha value is -1.28. The zero-order valence-corrected chi connectivity index (χ0v) is 16.9. The molecule has 2 aliphatic rings. The second kappa shape index (κ2) is 7.76. The van der Waals surface area contributed by atoms with Crippen molar-refractivity contribution in [2.45, 2.75) is 63.5 Å². The Bertz CT molecular complexity index is 844. The third-order valence-electron chi connectivity index (χ3n) is 5.20. The molecule has 1 aromatic carbocycles. The lowest BCUT2D eigenvalue weighted by molar-refractivity contribution is 0.486. The zero-order valence-electron chi connectivity index (χ0n) is 15.3. The van der Waals surface area contributed by atoms with E-state index in [0.29, 0.717) is 37.2 Å². The average molecular weight is 401 g/mol. The van der Waals surface area contributed by atoms with E-state index >= 15 is 0 Å². The van der Waals surface area contributed by atoms with E-state index in [4.69, 9.17) is 0 Å². The van der Waals surface area contributed by atoms with Gasteiger partial charge in [0.1, 0.15) is 0 Å². The molecular formula is C18H28N2O4S2. The maximum atomic E-state index is 12.6. The molecule has 3 rings (SSSR count). The van der Waals surface area contributed by atoms with Gasteiger partial charge in [-0.3, -0.25) is 9.03 Å². The van der Waals surface area contributed by atoms with Gasteiger partial charge in [-0.05, 0) is 55.9 Å². The summed E-state index contributed by atoms with van der Waals surface area (Å²) < 4.78 is 54.4. The van der Waals surface area contributed by atoms with Crippen LogP contribution in [0.3, 0.4) is 0 Å². The van der Waals surface area contributed by atoms with Gasteiger partial charge in [-0.1, -0.05) is 26.2 Å². The fourth-order valence-corrected chi connectivity index (χ4v) is 7.10. The van der Waals surface area contributed by atoms with Crippen molar-refractivity contribution in [3.8, 4) is 0 Å². The number of sulfonamides is 2. The monoisotopic (exact) mass is 400 g/mol. The van der Waals surface area contributed by atoms with Gasteiger partial charge in [0.2, 0.25) is 20.0 Å². The summed E-state index contributed by atoms with van der Waals surface area (Å²) in [6.07, 6.45) is 6.52. The predicted octanol–water partition coefficient (Wildman–Crippen LogP) is 3.25. The summed E-state index contributed by atoms with van der Waals surface area (Å²) in [7, 11) is -6.71. The number of nitrogens with one attached hydrogen (secondary N) is 1. The van der Waals surface area contributed by atoms with E-state index in [1.165, 1.54) is 4.31 Å². The Morgan fingerprint density at radius 1 is 1.08 bits per heavy atom. The van der Waals surface area contributed by atoms with E-state index < -0.39 is 20.0 Å². The van der Waals surface area contributed by atoms with E-state index in [1.807, 2.05) is 6.92 Å². The molecule has 6 nitrogen and oxygen atoms in total. The number of rotatable bonds is 6. The van der Waals surface area contributed by atoms with Crippen molar-refractivity contribution in [1.29, 1.82) is 0 Å². The van der Waals surface area contributed by atoms with E-state index in [2.05, 4.69) is 4.72 Å². The third-order valence-corrected chi connectivity index (χ3v) is 9.05. The van der Waals surface area contributed by atoms with Gasteiger partial charge in [0.05, 0.1) is 16.7 Å². The molecule has 0 atom stereocenters. The van der Waals surface area contributed by atoms with Gasteiger partial charge in [0, 0.05) is 12.2 Å². The van der Waals surface area contributed by atoms with Crippen LogP contribution < -0.4 is 9.03 Å². The second-order valence-electron chi connectivity index (χ2n) is 7.24. The predicted molar refractivity (Wildman–Crippen MR) is 106 cm³/mol. The zero-order chi connectivity index (χ0) is 18.8. The largest absolute Gasteiger partial charge is 0.283 e. The summed E-state index contributed by atoms with van der Waals surface area (Å²) in [5.41, 5.74) is 2.11.